The minimum absolute atomic E-state index is 0.0109. The van der Waals surface area contributed by atoms with E-state index in [1.54, 1.807) is 18.5 Å². The predicted octanol–water partition coefficient (Wildman–Crippen LogP) is 4.49. The first kappa shape index (κ1) is 27.7. The zero-order valence-electron chi connectivity index (χ0n) is 24.0. The smallest absolute Gasteiger partial charge is 0.319 e. The molecular weight excluding hydrogens is 552 g/mol. The first-order valence-corrected chi connectivity index (χ1v) is 14.8. The van der Waals surface area contributed by atoms with E-state index in [0.29, 0.717) is 53.8 Å². The lowest BCUT2D eigenvalue weighted by Crippen LogP contribution is -2.43. The summed E-state index contributed by atoms with van der Waals surface area (Å²) in [5.41, 5.74) is 0.666. The zero-order valence-corrected chi connectivity index (χ0v) is 24.0. The summed E-state index contributed by atoms with van der Waals surface area (Å²) in [6.07, 6.45) is 10.9. The summed E-state index contributed by atoms with van der Waals surface area (Å²) in [6, 6.07) is 5.53. The van der Waals surface area contributed by atoms with E-state index in [2.05, 4.69) is 36.4 Å². The first-order chi connectivity index (χ1) is 21.0. The Hall–Kier alpha value is -4.14. The van der Waals surface area contributed by atoms with Gasteiger partial charge in [0.15, 0.2) is 5.82 Å². The van der Waals surface area contributed by atoms with Crippen molar-refractivity contribution in [2.75, 3.05) is 44.6 Å². The Balaban J connectivity index is 1.40. The number of alkyl halides is 1. The average Bonchev–Trinajstić information content (AvgIpc) is 3.53. The molecule has 0 bridgehead atoms. The Morgan fingerprint density at radius 1 is 1.19 bits per heavy atom. The van der Waals surface area contributed by atoms with Crippen molar-refractivity contribution in [2.24, 2.45) is 0 Å². The van der Waals surface area contributed by atoms with Gasteiger partial charge in [0.25, 0.3) is 0 Å². The monoisotopic (exact) mass is 585 g/mol. The predicted molar refractivity (Wildman–Crippen MR) is 161 cm³/mol. The Labute approximate surface area is 248 Å². The van der Waals surface area contributed by atoms with Crippen LogP contribution in [-0.4, -0.2) is 82.0 Å². The number of hydrogen-bond acceptors (Lipinski definition) is 9. The molecule has 43 heavy (non-hydrogen) atoms. The number of pyridine rings is 2. The number of benzene rings is 1. The SMILES string of the molecule is C#Cc1cccc2cncc(-c3nc4c5c(nc(OC[C@@]67CCCN6CC(F)C7)nc5c3F)NCCNCC[C@H](C)O4)c12. The van der Waals surface area contributed by atoms with Gasteiger partial charge in [0.2, 0.25) is 5.88 Å². The summed E-state index contributed by atoms with van der Waals surface area (Å²) in [5.74, 6) is 2.61. The van der Waals surface area contributed by atoms with Crippen LogP contribution in [0.5, 0.6) is 11.9 Å². The highest BCUT2D eigenvalue weighted by Gasteiger charge is 2.49. The Kier molecular flexibility index (Phi) is 7.19. The van der Waals surface area contributed by atoms with Gasteiger partial charge in [-0.15, -0.1) is 6.42 Å². The zero-order chi connectivity index (χ0) is 29.6. The van der Waals surface area contributed by atoms with Crippen LogP contribution >= 0.6 is 0 Å². The van der Waals surface area contributed by atoms with E-state index >= 15 is 4.39 Å². The van der Waals surface area contributed by atoms with Gasteiger partial charge in [-0.2, -0.15) is 9.97 Å². The number of nitrogens with one attached hydrogen (secondary N) is 2. The maximum atomic E-state index is 16.8. The Bertz CT molecular complexity index is 1740. The van der Waals surface area contributed by atoms with Crippen LogP contribution in [0.2, 0.25) is 0 Å². The van der Waals surface area contributed by atoms with Gasteiger partial charge in [0.05, 0.1) is 11.6 Å². The molecule has 0 aliphatic carbocycles. The van der Waals surface area contributed by atoms with Crippen molar-refractivity contribution in [2.45, 2.75) is 50.4 Å². The second-order valence-corrected chi connectivity index (χ2v) is 11.7. The number of rotatable bonds is 4. The van der Waals surface area contributed by atoms with E-state index in [-0.39, 0.29) is 35.8 Å². The minimum Gasteiger partial charge on any atom is -0.474 e. The molecule has 2 saturated heterocycles. The molecule has 0 spiro atoms. The number of ether oxygens (including phenoxy) is 2. The van der Waals surface area contributed by atoms with Gasteiger partial charge < -0.3 is 20.1 Å². The van der Waals surface area contributed by atoms with Gasteiger partial charge in [-0.3, -0.25) is 9.88 Å². The van der Waals surface area contributed by atoms with Crippen molar-refractivity contribution in [1.29, 1.82) is 0 Å². The maximum absolute atomic E-state index is 16.8. The van der Waals surface area contributed by atoms with Crippen molar-refractivity contribution in [3.8, 4) is 35.5 Å². The second-order valence-electron chi connectivity index (χ2n) is 11.7. The summed E-state index contributed by atoms with van der Waals surface area (Å²) in [5, 5.41) is 8.44. The largest absolute Gasteiger partial charge is 0.474 e. The molecule has 7 rings (SSSR count). The fourth-order valence-corrected chi connectivity index (χ4v) is 6.71. The topological polar surface area (TPSA) is 97.3 Å². The van der Waals surface area contributed by atoms with Crippen LogP contribution in [-0.2, 0) is 0 Å². The molecular formula is C32H33F2N7O2. The molecule has 2 fully saturated rings. The lowest BCUT2D eigenvalue weighted by Gasteiger charge is -2.30. The first-order valence-electron chi connectivity index (χ1n) is 14.8. The molecule has 11 heteroatoms. The maximum Gasteiger partial charge on any atom is 0.319 e. The van der Waals surface area contributed by atoms with Crippen molar-refractivity contribution in [3.63, 3.8) is 0 Å². The van der Waals surface area contributed by atoms with Crippen molar-refractivity contribution < 1.29 is 18.3 Å². The van der Waals surface area contributed by atoms with E-state index < -0.39 is 17.5 Å². The summed E-state index contributed by atoms with van der Waals surface area (Å²) in [4.78, 5) is 20.5. The molecule has 222 valence electrons. The van der Waals surface area contributed by atoms with E-state index in [9.17, 15) is 4.39 Å². The van der Waals surface area contributed by atoms with Crippen LogP contribution in [0.3, 0.4) is 0 Å². The lowest BCUT2D eigenvalue weighted by molar-refractivity contribution is 0.107. The van der Waals surface area contributed by atoms with Gasteiger partial charge >= 0.3 is 6.01 Å². The fourth-order valence-electron chi connectivity index (χ4n) is 6.71. The molecule has 3 aliphatic rings. The summed E-state index contributed by atoms with van der Waals surface area (Å²) in [7, 11) is 0. The number of halogens is 2. The average molecular weight is 586 g/mol. The van der Waals surface area contributed by atoms with Crippen LogP contribution in [0.1, 0.15) is 38.2 Å². The van der Waals surface area contributed by atoms with Gasteiger partial charge in [0, 0.05) is 60.3 Å². The fraction of sp³-hybridized carbons (Fsp3) is 0.438. The molecule has 1 aromatic carbocycles. The number of hydrogen-bond donors (Lipinski definition) is 2. The third-order valence-electron chi connectivity index (χ3n) is 8.79. The molecule has 3 atom stereocenters. The van der Waals surface area contributed by atoms with Crippen molar-refractivity contribution >= 4 is 27.5 Å². The van der Waals surface area contributed by atoms with Gasteiger partial charge in [-0.25, -0.2) is 13.8 Å². The third-order valence-corrected chi connectivity index (χ3v) is 8.79. The molecule has 2 N–H and O–H groups in total. The third kappa shape index (κ3) is 4.98. The van der Waals surface area contributed by atoms with Gasteiger partial charge in [-0.1, -0.05) is 18.1 Å². The number of anilines is 1. The number of fused-ring (bicyclic) bond motifs is 2. The van der Waals surface area contributed by atoms with E-state index in [0.717, 1.165) is 37.7 Å². The van der Waals surface area contributed by atoms with Crippen LogP contribution in [0.15, 0.2) is 30.6 Å². The second kappa shape index (κ2) is 11.2. The molecule has 0 radical (unpaired) electrons. The highest BCUT2D eigenvalue weighted by molar-refractivity contribution is 6.02. The lowest BCUT2D eigenvalue weighted by atomic mass is 9.95. The minimum atomic E-state index is -0.893. The molecule has 3 aromatic heterocycles. The molecule has 9 nitrogen and oxygen atoms in total. The molecule has 4 aromatic rings. The highest BCUT2D eigenvalue weighted by atomic mass is 19.1. The number of aromatic nitrogens is 4. The number of nitrogens with zero attached hydrogens (tertiary/aromatic N) is 5. The van der Waals surface area contributed by atoms with E-state index in [1.165, 1.54) is 0 Å². The van der Waals surface area contributed by atoms with Crippen molar-refractivity contribution in [1.82, 2.24) is 30.2 Å². The standard InChI is InChI=1S/C32H33F2N7O2/c1-3-20-6-4-7-21-15-36-16-23(24(20)21)27-26(34)28-25-29(37-12-11-35-10-8-19(2)43-30(25)38-27)40-31(39-28)42-18-32-9-5-13-41(32)17-22(33)14-32/h1,4,6-7,15-16,19,22,35H,5,8-14,17-18H2,2H3,(H,37,39,40)/t19-,22?,32-/m0/s1. The Morgan fingerprint density at radius 3 is 2.98 bits per heavy atom. The summed E-state index contributed by atoms with van der Waals surface area (Å²) in [6.45, 7) is 5.35. The van der Waals surface area contributed by atoms with Crippen LogP contribution < -0.4 is 20.1 Å². The van der Waals surface area contributed by atoms with Gasteiger partial charge in [-0.05, 0) is 45.3 Å². The van der Waals surface area contributed by atoms with E-state index in [1.807, 2.05) is 19.1 Å². The normalized spacial score (nSPS) is 24.1. The van der Waals surface area contributed by atoms with Crippen LogP contribution in [0.25, 0.3) is 32.9 Å². The number of terminal acetylenes is 1. The Morgan fingerprint density at radius 2 is 2.09 bits per heavy atom. The molecule has 6 heterocycles. The van der Waals surface area contributed by atoms with Crippen molar-refractivity contribution in [3.05, 3.63) is 42.0 Å². The molecule has 1 unspecified atom stereocenters. The molecule has 3 aliphatic heterocycles. The summed E-state index contributed by atoms with van der Waals surface area (Å²) < 4.78 is 43.7. The summed E-state index contributed by atoms with van der Waals surface area (Å²) >= 11 is 0. The van der Waals surface area contributed by atoms with E-state index in [4.69, 9.17) is 20.9 Å². The van der Waals surface area contributed by atoms with Gasteiger partial charge in [0.1, 0.15) is 35.2 Å². The quantitative estimate of drug-likeness (QED) is 0.336. The van der Waals surface area contributed by atoms with Crippen LogP contribution in [0, 0.1) is 18.2 Å². The highest BCUT2D eigenvalue weighted by Crippen LogP contribution is 2.42. The molecule has 0 amide bonds. The molecule has 0 saturated carbocycles. The van der Waals surface area contributed by atoms with Crippen LogP contribution in [0.4, 0.5) is 14.6 Å².